The molecule has 0 saturated carbocycles. The molecule has 0 bridgehead atoms. The summed E-state index contributed by atoms with van der Waals surface area (Å²) in [5.74, 6) is 1.43. The summed E-state index contributed by atoms with van der Waals surface area (Å²) in [6.07, 6.45) is 16.3. The van der Waals surface area contributed by atoms with Gasteiger partial charge in [-0.3, -0.25) is 0 Å². The summed E-state index contributed by atoms with van der Waals surface area (Å²) in [5, 5.41) is 15.7. The number of azide groups is 1. The monoisotopic (exact) mass is 1200 g/mol. The predicted molar refractivity (Wildman–Crippen MR) is 375 cm³/mol. The Bertz CT molecular complexity index is 4400. The van der Waals surface area contributed by atoms with Gasteiger partial charge in [0.2, 0.25) is 0 Å². The summed E-state index contributed by atoms with van der Waals surface area (Å²) < 4.78 is 10.2. The van der Waals surface area contributed by atoms with E-state index < -0.39 is 0 Å². The summed E-state index contributed by atoms with van der Waals surface area (Å²) in [6.45, 7) is 22.8. The van der Waals surface area contributed by atoms with Crippen LogP contribution >= 0.6 is 15.9 Å². The molecule has 0 spiro atoms. The van der Waals surface area contributed by atoms with Crippen molar-refractivity contribution in [2.75, 3.05) is 11.9 Å². The van der Waals surface area contributed by atoms with Crippen molar-refractivity contribution in [2.45, 2.75) is 171 Å². The van der Waals surface area contributed by atoms with E-state index in [1.807, 2.05) is 0 Å². The maximum Gasteiger partial charge on any atom is 0.0491 e. The summed E-state index contributed by atoms with van der Waals surface area (Å²) in [7, 11) is 0. The Morgan fingerprint density at radius 1 is 0.384 bits per heavy atom. The number of hydrogen-bond donors (Lipinski definition) is 0. The Kier molecular flexibility index (Phi) is 19.4. The second-order valence-corrected chi connectivity index (χ2v) is 26.1. The van der Waals surface area contributed by atoms with Gasteiger partial charge in [-0.2, -0.15) is 0 Å². The third-order valence-electron chi connectivity index (χ3n) is 18.8. The first-order valence-corrected chi connectivity index (χ1v) is 33.8. The molecule has 12 aromatic rings. The van der Waals surface area contributed by atoms with Gasteiger partial charge in [0.1, 0.15) is 0 Å². The van der Waals surface area contributed by atoms with Crippen LogP contribution in [0.4, 0.5) is 0 Å². The van der Waals surface area contributed by atoms with Crippen LogP contribution in [0.2, 0.25) is 0 Å². The van der Waals surface area contributed by atoms with Gasteiger partial charge >= 0.3 is 0 Å². The van der Waals surface area contributed by atoms with Crippen molar-refractivity contribution < 1.29 is 0 Å². The van der Waals surface area contributed by atoms with Gasteiger partial charge in [0.25, 0.3) is 0 Å². The average molecular weight is 1210 g/mol. The van der Waals surface area contributed by atoms with Gasteiger partial charge in [0.15, 0.2) is 0 Å². The van der Waals surface area contributed by atoms with Crippen molar-refractivity contribution in [3.05, 3.63) is 201 Å². The van der Waals surface area contributed by atoms with Crippen molar-refractivity contribution in [3.63, 3.8) is 0 Å². The molecule has 8 heteroatoms. The molecule has 0 fully saturated rings. The number of rotatable bonds is 25. The van der Waals surface area contributed by atoms with Gasteiger partial charge in [-0.25, -0.2) is 0 Å². The molecule has 0 aliphatic rings. The van der Waals surface area contributed by atoms with Gasteiger partial charge in [0, 0.05) is 130 Å². The van der Waals surface area contributed by atoms with Gasteiger partial charge in [-0.15, -0.1) is 0 Å². The molecule has 444 valence electrons. The lowest BCUT2D eigenvalue weighted by Crippen LogP contribution is -2.10. The van der Waals surface area contributed by atoms with Crippen LogP contribution in [-0.4, -0.2) is 30.1 Å². The second kappa shape index (κ2) is 27.6. The highest BCUT2D eigenvalue weighted by Crippen LogP contribution is 2.38. The number of aryl methyl sites for hydroxylation is 6. The molecule has 0 aliphatic heterocycles. The van der Waals surface area contributed by atoms with Crippen molar-refractivity contribution in [1.82, 2.24) is 18.3 Å². The van der Waals surface area contributed by atoms with Crippen LogP contribution in [0.15, 0.2) is 151 Å². The largest absolute Gasteiger partial charge is 0.340 e. The van der Waals surface area contributed by atoms with Gasteiger partial charge in [0.05, 0.1) is 0 Å². The molecular formula is C78H90BrN7. The Labute approximate surface area is 519 Å². The van der Waals surface area contributed by atoms with E-state index >= 15 is 0 Å². The quantitative estimate of drug-likeness (QED) is 0.0180. The van der Waals surface area contributed by atoms with E-state index in [0.717, 1.165) is 63.1 Å². The normalized spacial score (nSPS) is 12.6. The van der Waals surface area contributed by atoms with Crippen LogP contribution in [0.5, 0.6) is 0 Å². The van der Waals surface area contributed by atoms with Crippen molar-refractivity contribution in [1.29, 1.82) is 0 Å². The van der Waals surface area contributed by atoms with Gasteiger partial charge in [-0.1, -0.05) is 158 Å². The van der Waals surface area contributed by atoms with Crippen LogP contribution in [0.25, 0.3) is 97.7 Å². The molecule has 4 heterocycles. The van der Waals surface area contributed by atoms with E-state index in [1.165, 1.54) is 196 Å². The summed E-state index contributed by atoms with van der Waals surface area (Å²) in [6, 6.07) is 56.3. The van der Waals surface area contributed by atoms with Crippen LogP contribution in [0.1, 0.15) is 149 Å². The lowest BCUT2D eigenvalue weighted by Gasteiger charge is -2.17. The number of benzene rings is 8. The van der Waals surface area contributed by atoms with Gasteiger partial charge in [-0.05, 0) is 216 Å². The number of alkyl halides is 1. The summed E-state index contributed by atoms with van der Waals surface area (Å²) in [4.78, 5) is 2.90. The first-order chi connectivity index (χ1) is 42.0. The summed E-state index contributed by atoms with van der Waals surface area (Å²) >= 11 is 3.61. The standard InChI is InChI=1S/C39H45BrN2.C39H45N5/c1-5-7-10-29(6-2)26-42-38-16-12-28(4)22-33(38)35-25-31(14-18-39(35)42)23-30-13-17-37-34(24-30)32-21-27(3)11-15-36(32)41(37)20-9-8-19-40;1-5-7-10-29(6-2)26-44-38-16-12-28(4)22-33(38)35-25-31(14-18-39(35)44)23-30-13-17-37-34(24-30)32-21-27(3)11-15-36(32)43(37)20-9-8-19-41-42-40/h11-18,21-22,24-25,29H,5-10,19-20,23,26H2,1-4H3;11-18,21-22,24-25,29H,5-10,19-20,23,26H2,1-4H3. The minimum absolute atomic E-state index is 0.553. The third kappa shape index (κ3) is 12.9. The minimum Gasteiger partial charge on any atom is -0.340 e. The highest BCUT2D eigenvalue weighted by atomic mass is 79.9. The Hall–Kier alpha value is -7.25. The zero-order valence-electron chi connectivity index (χ0n) is 52.7. The predicted octanol–water partition coefficient (Wildman–Crippen LogP) is 22.9. The van der Waals surface area contributed by atoms with E-state index in [1.54, 1.807) is 0 Å². The molecule has 2 unspecified atom stereocenters. The Morgan fingerprint density at radius 2 is 0.686 bits per heavy atom. The lowest BCUT2D eigenvalue weighted by atomic mass is 9.99. The molecule has 0 saturated heterocycles. The Morgan fingerprint density at radius 3 is 0.988 bits per heavy atom. The zero-order valence-corrected chi connectivity index (χ0v) is 54.2. The molecule has 0 amide bonds. The molecule has 4 aromatic heterocycles. The number of halogens is 1. The minimum atomic E-state index is 0.553. The van der Waals surface area contributed by atoms with Crippen LogP contribution in [0, 0.1) is 39.5 Å². The van der Waals surface area contributed by atoms with Crippen LogP contribution in [0.3, 0.4) is 0 Å². The van der Waals surface area contributed by atoms with Gasteiger partial charge < -0.3 is 18.3 Å². The van der Waals surface area contributed by atoms with Crippen molar-refractivity contribution in [3.8, 4) is 0 Å². The number of hydrogen-bond acceptors (Lipinski definition) is 1. The smallest absolute Gasteiger partial charge is 0.0491 e. The lowest BCUT2D eigenvalue weighted by molar-refractivity contribution is 0.401. The topological polar surface area (TPSA) is 68.5 Å². The SMILES string of the molecule is CCCCC(CC)Cn1c2ccc(C)cc2c2cc(Cc3ccc4c(c3)c3cc(C)ccc3n4CCCCBr)ccc21.CCCCC(CC)Cn1c2ccc(C)cc2c2cc(Cc3ccc4c(c3)c3cc(C)ccc3n4CCCCN=[N+]=[N-])ccc21. The number of unbranched alkanes of at least 4 members (excludes halogenated alkanes) is 4. The molecule has 0 radical (unpaired) electrons. The summed E-state index contributed by atoms with van der Waals surface area (Å²) in [5.41, 5.74) is 30.1. The fourth-order valence-corrected chi connectivity index (χ4v) is 14.5. The van der Waals surface area contributed by atoms with E-state index in [9.17, 15) is 0 Å². The third-order valence-corrected chi connectivity index (χ3v) is 19.4. The molecule has 0 N–H and O–H groups in total. The number of fused-ring (bicyclic) bond motifs is 12. The fraction of sp³-hybridized carbons (Fsp3) is 0.385. The van der Waals surface area contributed by atoms with Crippen molar-refractivity contribution in [2.24, 2.45) is 17.0 Å². The highest BCUT2D eigenvalue weighted by molar-refractivity contribution is 9.09. The fourth-order valence-electron chi connectivity index (χ4n) is 14.1. The molecule has 12 rings (SSSR count). The first kappa shape index (κ1) is 60.4. The van der Waals surface area contributed by atoms with Crippen LogP contribution < -0.4 is 0 Å². The van der Waals surface area contributed by atoms with Crippen LogP contribution in [-0.2, 0) is 39.0 Å². The van der Waals surface area contributed by atoms with E-state index in [2.05, 4.69) is 245 Å². The Balaban J connectivity index is 0.000000179. The second-order valence-electron chi connectivity index (χ2n) is 25.3. The molecule has 8 aromatic carbocycles. The maximum atomic E-state index is 8.62. The van der Waals surface area contributed by atoms with E-state index in [-0.39, 0.29) is 0 Å². The van der Waals surface area contributed by atoms with Crippen molar-refractivity contribution >= 4 is 103 Å². The molecular weight excluding hydrogens is 1110 g/mol. The maximum absolute atomic E-state index is 8.62. The van der Waals surface area contributed by atoms with E-state index in [4.69, 9.17) is 5.53 Å². The highest BCUT2D eigenvalue weighted by Gasteiger charge is 2.20. The number of aromatic nitrogens is 4. The first-order valence-electron chi connectivity index (χ1n) is 32.6. The number of nitrogens with zero attached hydrogens (tertiary/aromatic N) is 7. The zero-order chi connectivity index (χ0) is 59.8. The molecule has 2 atom stereocenters. The molecule has 0 aliphatic carbocycles. The average Bonchev–Trinajstić information content (AvgIpc) is 2.44. The molecule has 86 heavy (non-hydrogen) atoms. The van der Waals surface area contributed by atoms with E-state index in [0.29, 0.717) is 12.5 Å². The molecule has 7 nitrogen and oxygen atoms in total.